The zero-order valence-corrected chi connectivity index (χ0v) is 6.79. The molecule has 1 fully saturated rings. The molecular weight excluding hydrogens is 144 g/mol. The van der Waals surface area contributed by atoms with Crippen LogP contribution in [-0.2, 0) is 14.3 Å². The summed E-state index contributed by atoms with van der Waals surface area (Å²) >= 11 is 0. The largest absolute Gasteiger partial charge is 0.461 e. The summed E-state index contributed by atoms with van der Waals surface area (Å²) in [5.74, 6) is -0.481. The molecule has 11 heavy (non-hydrogen) atoms. The van der Waals surface area contributed by atoms with Crippen molar-refractivity contribution in [2.45, 2.75) is 32.8 Å². The lowest BCUT2D eigenvalue weighted by Gasteiger charge is -2.26. The molecule has 0 N–H and O–H groups in total. The van der Waals surface area contributed by atoms with E-state index in [4.69, 9.17) is 4.74 Å². The van der Waals surface area contributed by atoms with Gasteiger partial charge < -0.3 is 4.74 Å². The number of hydrogen-bond acceptors (Lipinski definition) is 3. The quantitative estimate of drug-likeness (QED) is 0.418. The summed E-state index contributed by atoms with van der Waals surface area (Å²) in [4.78, 5) is 21.8. The van der Waals surface area contributed by atoms with Crippen molar-refractivity contribution in [1.29, 1.82) is 0 Å². The molecule has 0 aromatic heterocycles. The first-order valence-electron chi connectivity index (χ1n) is 3.87. The van der Waals surface area contributed by atoms with Crippen LogP contribution in [0.3, 0.4) is 0 Å². The van der Waals surface area contributed by atoms with Gasteiger partial charge in [-0.1, -0.05) is 13.8 Å². The number of ether oxygens (including phenoxy) is 1. The number of esters is 1. The molecule has 1 saturated heterocycles. The zero-order valence-electron chi connectivity index (χ0n) is 6.79. The number of carbonyl (C=O) groups is 2. The molecule has 0 unspecified atom stereocenters. The van der Waals surface area contributed by atoms with E-state index in [1.807, 2.05) is 13.8 Å². The third-order valence-corrected chi connectivity index (χ3v) is 2.07. The normalized spacial score (nSPS) is 31.8. The Morgan fingerprint density at radius 2 is 2.18 bits per heavy atom. The summed E-state index contributed by atoms with van der Waals surface area (Å²) in [6, 6.07) is 0. The highest BCUT2D eigenvalue weighted by molar-refractivity contribution is 5.98. The van der Waals surface area contributed by atoms with Crippen LogP contribution in [0.4, 0.5) is 0 Å². The van der Waals surface area contributed by atoms with E-state index < -0.39 is 0 Å². The Morgan fingerprint density at radius 1 is 1.55 bits per heavy atom. The SMILES string of the molecule is CC[C@H]1OC(=O)CC(=O)[C@@H]1C. The van der Waals surface area contributed by atoms with Gasteiger partial charge in [0, 0.05) is 0 Å². The second-order valence-corrected chi connectivity index (χ2v) is 2.87. The molecule has 0 amide bonds. The van der Waals surface area contributed by atoms with Gasteiger partial charge in [0.25, 0.3) is 0 Å². The summed E-state index contributed by atoms with van der Waals surface area (Å²) in [5, 5.41) is 0. The minimum atomic E-state index is -0.375. The maximum Gasteiger partial charge on any atom is 0.313 e. The second kappa shape index (κ2) is 3.03. The van der Waals surface area contributed by atoms with E-state index in [2.05, 4.69) is 0 Å². The van der Waals surface area contributed by atoms with Crippen LogP contribution in [-0.4, -0.2) is 17.9 Å². The molecular formula is C8H12O3. The summed E-state index contributed by atoms with van der Waals surface area (Å²) in [6.07, 6.45) is 0.486. The van der Waals surface area contributed by atoms with Crippen LogP contribution in [0.1, 0.15) is 26.7 Å². The number of rotatable bonds is 1. The molecule has 1 aliphatic heterocycles. The van der Waals surface area contributed by atoms with Gasteiger partial charge in [-0.05, 0) is 6.42 Å². The van der Waals surface area contributed by atoms with Crippen molar-refractivity contribution in [1.82, 2.24) is 0 Å². The molecule has 1 rings (SSSR count). The van der Waals surface area contributed by atoms with Crippen molar-refractivity contribution >= 4 is 11.8 Å². The van der Waals surface area contributed by atoms with Crippen LogP contribution in [0.25, 0.3) is 0 Å². The standard InChI is InChI=1S/C8H12O3/c1-3-7-5(2)6(9)4-8(10)11-7/h5,7H,3-4H2,1-2H3/t5-,7+/m0/s1. The molecule has 1 heterocycles. The molecule has 3 nitrogen and oxygen atoms in total. The number of carbonyl (C=O) groups excluding carboxylic acids is 2. The highest BCUT2D eigenvalue weighted by Crippen LogP contribution is 2.19. The monoisotopic (exact) mass is 156 g/mol. The first-order valence-corrected chi connectivity index (χ1v) is 3.87. The van der Waals surface area contributed by atoms with E-state index in [9.17, 15) is 9.59 Å². The maximum atomic E-state index is 11.1. The van der Waals surface area contributed by atoms with Gasteiger partial charge in [0.2, 0.25) is 0 Å². The molecule has 0 aliphatic carbocycles. The van der Waals surface area contributed by atoms with Crippen LogP contribution in [0.15, 0.2) is 0 Å². The van der Waals surface area contributed by atoms with Crippen molar-refractivity contribution in [3.63, 3.8) is 0 Å². The van der Waals surface area contributed by atoms with Gasteiger partial charge >= 0.3 is 5.97 Å². The van der Waals surface area contributed by atoms with Crippen LogP contribution in [0.2, 0.25) is 0 Å². The van der Waals surface area contributed by atoms with Gasteiger partial charge in [-0.3, -0.25) is 9.59 Å². The van der Waals surface area contributed by atoms with Crippen molar-refractivity contribution in [2.75, 3.05) is 0 Å². The molecule has 0 spiro atoms. The van der Waals surface area contributed by atoms with Crippen LogP contribution < -0.4 is 0 Å². The maximum absolute atomic E-state index is 11.1. The lowest BCUT2D eigenvalue weighted by atomic mass is 9.93. The average molecular weight is 156 g/mol. The lowest BCUT2D eigenvalue weighted by Crippen LogP contribution is -2.37. The fourth-order valence-corrected chi connectivity index (χ4v) is 1.26. The fraction of sp³-hybridized carbons (Fsp3) is 0.750. The Kier molecular flexibility index (Phi) is 2.27. The molecule has 0 saturated carbocycles. The van der Waals surface area contributed by atoms with E-state index in [0.29, 0.717) is 0 Å². The van der Waals surface area contributed by atoms with E-state index in [0.717, 1.165) is 6.42 Å². The lowest BCUT2D eigenvalue weighted by molar-refractivity contribution is -0.162. The molecule has 3 heteroatoms. The van der Waals surface area contributed by atoms with Crippen molar-refractivity contribution < 1.29 is 14.3 Å². The third kappa shape index (κ3) is 1.59. The smallest absolute Gasteiger partial charge is 0.313 e. The highest BCUT2D eigenvalue weighted by atomic mass is 16.5. The van der Waals surface area contributed by atoms with Crippen LogP contribution >= 0.6 is 0 Å². The predicted molar refractivity (Wildman–Crippen MR) is 39.0 cm³/mol. The molecule has 0 aromatic rings. The molecule has 62 valence electrons. The molecule has 2 atom stereocenters. The molecule has 1 aliphatic rings. The average Bonchev–Trinajstić information content (AvgIpc) is 1.96. The van der Waals surface area contributed by atoms with Crippen LogP contribution in [0.5, 0.6) is 0 Å². The number of Topliss-reactive ketones (excluding diaryl/α,β-unsaturated/α-hetero) is 1. The summed E-state index contributed by atoms with van der Waals surface area (Å²) in [6.45, 7) is 3.72. The fourth-order valence-electron chi connectivity index (χ4n) is 1.26. The third-order valence-electron chi connectivity index (χ3n) is 2.07. The van der Waals surface area contributed by atoms with E-state index in [1.54, 1.807) is 0 Å². The van der Waals surface area contributed by atoms with Crippen LogP contribution in [0, 0.1) is 5.92 Å². The Morgan fingerprint density at radius 3 is 2.73 bits per heavy atom. The van der Waals surface area contributed by atoms with Gasteiger partial charge in [0.1, 0.15) is 18.3 Å². The van der Waals surface area contributed by atoms with Gasteiger partial charge in [-0.2, -0.15) is 0 Å². The zero-order chi connectivity index (χ0) is 8.43. The minimum Gasteiger partial charge on any atom is -0.461 e. The number of cyclic esters (lactones) is 1. The summed E-state index contributed by atoms with van der Waals surface area (Å²) in [5.41, 5.74) is 0. The predicted octanol–water partition coefficient (Wildman–Crippen LogP) is 0.917. The highest BCUT2D eigenvalue weighted by Gasteiger charge is 2.32. The second-order valence-electron chi connectivity index (χ2n) is 2.87. The van der Waals surface area contributed by atoms with Gasteiger partial charge in [0.15, 0.2) is 0 Å². The van der Waals surface area contributed by atoms with Gasteiger partial charge in [-0.25, -0.2) is 0 Å². The molecule has 0 aromatic carbocycles. The Bertz CT molecular complexity index is 186. The van der Waals surface area contributed by atoms with Crippen molar-refractivity contribution in [3.05, 3.63) is 0 Å². The summed E-state index contributed by atoms with van der Waals surface area (Å²) in [7, 11) is 0. The first-order chi connectivity index (χ1) is 5.15. The topological polar surface area (TPSA) is 43.4 Å². The first kappa shape index (κ1) is 8.24. The minimum absolute atomic E-state index is 0.00750. The van der Waals surface area contributed by atoms with Crippen molar-refractivity contribution in [3.8, 4) is 0 Å². The van der Waals surface area contributed by atoms with Gasteiger partial charge in [0.05, 0.1) is 5.92 Å². The van der Waals surface area contributed by atoms with E-state index in [1.165, 1.54) is 0 Å². The number of hydrogen-bond donors (Lipinski definition) is 0. The van der Waals surface area contributed by atoms with E-state index in [-0.39, 0.29) is 30.2 Å². The Labute approximate surface area is 65.7 Å². The Balaban J connectivity index is 2.66. The van der Waals surface area contributed by atoms with Gasteiger partial charge in [-0.15, -0.1) is 0 Å². The summed E-state index contributed by atoms with van der Waals surface area (Å²) < 4.78 is 4.96. The van der Waals surface area contributed by atoms with E-state index >= 15 is 0 Å². The number of ketones is 1. The Hall–Kier alpha value is -0.860. The molecule has 0 bridgehead atoms. The van der Waals surface area contributed by atoms with Crippen molar-refractivity contribution in [2.24, 2.45) is 5.92 Å². The molecule has 0 radical (unpaired) electrons.